The highest BCUT2D eigenvalue weighted by Crippen LogP contribution is 2.27. The molecule has 1 saturated heterocycles. The Morgan fingerprint density at radius 3 is 2.30 bits per heavy atom. The summed E-state index contributed by atoms with van der Waals surface area (Å²) < 4.78 is 0. The van der Waals surface area contributed by atoms with Crippen molar-refractivity contribution in [3.63, 3.8) is 0 Å². The van der Waals surface area contributed by atoms with E-state index < -0.39 is 4.92 Å². The van der Waals surface area contributed by atoms with Gasteiger partial charge in [0, 0.05) is 41.5 Å². The van der Waals surface area contributed by atoms with E-state index in [-0.39, 0.29) is 16.8 Å². The minimum atomic E-state index is -0.432. The molecule has 6 nitrogen and oxygen atoms in total. The van der Waals surface area contributed by atoms with Crippen molar-refractivity contribution in [1.82, 2.24) is 0 Å². The molecule has 0 aliphatic carbocycles. The number of thioether (sulfide) groups is 1. The van der Waals surface area contributed by atoms with Crippen LogP contribution in [0.4, 0.5) is 17.1 Å². The van der Waals surface area contributed by atoms with E-state index in [1.54, 1.807) is 12.1 Å². The lowest BCUT2D eigenvalue weighted by Crippen LogP contribution is -2.29. The van der Waals surface area contributed by atoms with Crippen LogP contribution in [0.5, 0.6) is 0 Å². The Kier molecular flexibility index (Phi) is 6.34. The van der Waals surface area contributed by atoms with Crippen molar-refractivity contribution in [2.45, 2.75) is 36.3 Å². The zero-order chi connectivity index (χ0) is 19.2. The third kappa shape index (κ3) is 5.23. The summed E-state index contributed by atoms with van der Waals surface area (Å²) in [5.74, 6) is -0.0934. The van der Waals surface area contributed by atoms with E-state index >= 15 is 0 Å². The summed E-state index contributed by atoms with van der Waals surface area (Å²) in [7, 11) is 0. The zero-order valence-corrected chi connectivity index (χ0v) is 16.1. The molecule has 0 aromatic heterocycles. The van der Waals surface area contributed by atoms with Crippen molar-refractivity contribution in [1.29, 1.82) is 0 Å². The molecular weight excluding hydrogens is 362 g/mol. The molecule has 7 heteroatoms. The Morgan fingerprint density at radius 2 is 1.70 bits per heavy atom. The predicted molar refractivity (Wildman–Crippen MR) is 110 cm³/mol. The number of rotatable bonds is 6. The molecule has 1 aliphatic rings. The number of carbonyl (C=O) groups excluding carboxylic acids is 1. The Morgan fingerprint density at radius 1 is 1.07 bits per heavy atom. The summed E-state index contributed by atoms with van der Waals surface area (Å²) in [6.07, 6.45) is 3.76. The highest BCUT2D eigenvalue weighted by atomic mass is 32.2. The maximum absolute atomic E-state index is 12.4. The van der Waals surface area contributed by atoms with Gasteiger partial charge in [0.15, 0.2) is 0 Å². The first-order chi connectivity index (χ1) is 13.0. The van der Waals surface area contributed by atoms with Gasteiger partial charge in [0.05, 0.1) is 10.2 Å². The number of nitrogens with one attached hydrogen (secondary N) is 1. The second-order valence-electron chi connectivity index (χ2n) is 6.59. The number of non-ortho nitro benzene ring substituents is 1. The number of piperidine rings is 1. The van der Waals surface area contributed by atoms with Crippen molar-refractivity contribution in [2.75, 3.05) is 23.3 Å². The summed E-state index contributed by atoms with van der Waals surface area (Å²) in [5.41, 5.74) is 2.02. The molecule has 1 fully saturated rings. The molecule has 0 radical (unpaired) electrons. The van der Waals surface area contributed by atoms with Gasteiger partial charge >= 0.3 is 0 Å². The summed E-state index contributed by atoms with van der Waals surface area (Å²) >= 11 is 1.37. The highest BCUT2D eigenvalue weighted by molar-refractivity contribution is 8.00. The second-order valence-corrected chi connectivity index (χ2v) is 8.01. The van der Waals surface area contributed by atoms with Crippen molar-refractivity contribution < 1.29 is 9.72 Å². The first-order valence-corrected chi connectivity index (χ1v) is 9.98. The highest BCUT2D eigenvalue weighted by Gasteiger charge is 2.16. The Bertz CT molecular complexity index is 787. The Labute approximate surface area is 163 Å². The minimum Gasteiger partial charge on any atom is -0.372 e. The fourth-order valence-corrected chi connectivity index (χ4v) is 3.92. The van der Waals surface area contributed by atoms with Gasteiger partial charge in [-0.2, -0.15) is 0 Å². The van der Waals surface area contributed by atoms with Gasteiger partial charge in [-0.15, -0.1) is 11.8 Å². The lowest BCUT2D eigenvalue weighted by molar-refractivity contribution is -0.384. The summed E-state index contributed by atoms with van der Waals surface area (Å²) in [6.45, 7) is 4.01. The number of carbonyl (C=O) groups is 1. The Balaban J connectivity index is 1.55. The molecule has 142 valence electrons. The summed E-state index contributed by atoms with van der Waals surface area (Å²) in [6, 6.07) is 14.2. The van der Waals surface area contributed by atoms with Gasteiger partial charge < -0.3 is 10.2 Å². The number of nitrogens with zero attached hydrogens (tertiary/aromatic N) is 2. The van der Waals surface area contributed by atoms with Gasteiger partial charge in [-0.05, 0) is 62.6 Å². The molecule has 27 heavy (non-hydrogen) atoms. The largest absolute Gasteiger partial charge is 0.372 e. The molecule has 0 unspecified atom stereocenters. The average Bonchev–Trinajstić information content (AvgIpc) is 2.69. The number of benzene rings is 2. The van der Waals surface area contributed by atoms with Gasteiger partial charge in [0.2, 0.25) is 5.91 Å². The third-order valence-electron chi connectivity index (χ3n) is 4.59. The van der Waals surface area contributed by atoms with Crippen LogP contribution in [0.2, 0.25) is 0 Å². The lowest BCUT2D eigenvalue weighted by atomic mass is 10.1. The van der Waals surface area contributed by atoms with Crippen LogP contribution in [0.3, 0.4) is 0 Å². The van der Waals surface area contributed by atoms with Crippen LogP contribution in [0.25, 0.3) is 0 Å². The number of amides is 1. The van der Waals surface area contributed by atoms with E-state index in [4.69, 9.17) is 0 Å². The maximum Gasteiger partial charge on any atom is 0.269 e. The number of anilines is 2. The molecule has 0 bridgehead atoms. The first kappa shape index (κ1) is 19.2. The van der Waals surface area contributed by atoms with E-state index in [0.29, 0.717) is 0 Å². The standard InChI is InChI=1S/C20H23N3O3S/c1-15(27-19-11-9-18(10-12-19)23(25)26)20(24)21-16-5-7-17(8-6-16)22-13-3-2-4-14-22/h5-12,15H,2-4,13-14H2,1H3,(H,21,24)/t15-/m1/s1. The van der Waals surface area contributed by atoms with Gasteiger partial charge in [-0.3, -0.25) is 14.9 Å². The van der Waals surface area contributed by atoms with Crippen molar-refractivity contribution in [2.24, 2.45) is 0 Å². The topological polar surface area (TPSA) is 75.5 Å². The second kappa shape index (κ2) is 8.90. The molecule has 1 amide bonds. The first-order valence-electron chi connectivity index (χ1n) is 9.10. The average molecular weight is 385 g/mol. The molecule has 0 saturated carbocycles. The fraction of sp³-hybridized carbons (Fsp3) is 0.350. The zero-order valence-electron chi connectivity index (χ0n) is 15.3. The van der Waals surface area contributed by atoms with Crippen LogP contribution in [0.1, 0.15) is 26.2 Å². The molecule has 1 N–H and O–H groups in total. The summed E-state index contributed by atoms with van der Waals surface area (Å²) in [4.78, 5) is 25.9. The van der Waals surface area contributed by atoms with Crippen LogP contribution in [-0.2, 0) is 4.79 Å². The van der Waals surface area contributed by atoms with Gasteiger partial charge in [0.1, 0.15) is 0 Å². The normalized spacial score (nSPS) is 15.2. The third-order valence-corrected chi connectivity index (χ3v) is 5.70. The smallest absolute Gasteiger partial charge is 0.269 e. The van der Waals surface area contributed by atoms with Crippen LogP contribution in [0.15, 0.2) is 53.4 Å². The van der Waals surface area contributed by atoms with E-state index in [1.807, 2.05) is 19.1 Å². The van der Waals surface area contributed by atoms with E-state index in [2.05, 4.69) is 22.3 Å². The molecule has 2 aromatic carbocycles. The monoisotopic (exact) mass is 385 g/mol. The molecule has 1 aliphatic heterocycles. The number of nitro benzene ring substituents is 1. The molecule has 3 rings (SSSR count). The molecule has 1 atom stereocenters. The predicted octanol–water partition coefficient (Wildman–Crippen LogP) is 4.70. The number of hydrogen-bond donors (Lipinski definition) is 1. The SMILES string of the molecule is C[C@@H](Sc1ccc([N+](=O)[O-])cc1)C(=O)Nc1ccc(N2CCCCC2)cc1. The molecule has 2 aromatic rings. The van der Waals surface area contributed by atoms with Crippen LogP contribution < -0.4 is 10.2 Å². The summed E-state index contributed by atoms with van der Waals surface area (Å²) in [5, 5.41) is 13.3. The fourth-order valence-electron chi connectivity index (χ4n) is 3.06. The minimum absolute atomic E-state index is 0.0465. The maximum atomic E-state index is 12.4. The molecule has 0 spiro atoms. The van der Waals surface area contributed by atoms with Gasteiger partial charge in [-0.25, -0.2) is 0 Å². The van der Waals surface area contributed by atoms with Crippen molar-refractivity contribution in [3.8, 4) is 0 Å². The quantitative estimate of drug-likeness (QED) is 0.443. The van der Waals surface area contributed by atoms with Gasteiger partial charge in [-0.1, -0.05) is 0 Å². The van der Waals surface area contributed by atoms with E-state index in [1.165, 1.54) is 48.8 Å². The number of nitro groups is 1. The number of hydrogen-bond acceptors (Lipinski definition) is 5. The van der Waals surface area contributed by atoms with Crippen LogP contribution in [0, 0.1) is 10.1 Å². The van der Waals surface area contributed by atoms with Crippen molar-refractivity contribution >= 4 is 34.7 Å². The molecule has 1 heterocycles. The van der Waals surface area contributed by atoms with Crippen molar-refractivity contribution in [3.05, 3.63) is 58.6 Å². The van der Waals surface area contributed by atoms with E-state index in [9.17, 15) is 14.9 Å². The van der Waals surface area contributed by atoms with Gasteiger partial charge in [0.25, 0.3) is 5.69 Å². The van der Waals surface area contributed by atoms with E-state index in [0.717, 1.165) is 23.7 Å². The van der Waals surface area contributed by atoms with Crippen LogP contribution >= 0.6 is 11.8 Å². The lowest BCUT2D eigenvalue weighted by Gasteiger charge is -2.28. The van der Waals surface area contributed by atoms with Crippen LogP contribution in [-0.4, -0.2) is 29.2 Å². The Hall–Kier alpha value is -2.54. The molecular formula is C20H23N3O3S.